The highest BCUT2D eigenvalue weighted by Crippen LogP contribution is 2.34. The second kappa shape index (κ2) is 6.46. The van der Waals surface area contributed by atoms with Gasteiger partial charge >= 0.3 is 0 Å². The van der Waals surface area contributed by atoms with Gasteiger partial charge in [0.2, 0.25) is 0 Å². The normalized spacial score (nSPS) is 15.8. The molecule has 2 rings (SSSR count). The maximum atomic E-state index is 5.89. The van der Waals surface area contributed by atoms with E-state index in [4.69, 9.17) is 9.47 Å². The quantitative estimate of drug-likeness (QED) is 0.860. The van der Waals surface area contributed by atoms with Gasteiger partial charge in [0, 0.05) is 23.5 Å². The number of ether oxygens (including phenoxy) is 2. The summed E-state index contributed by atoms with van der Waals surface area (Å²) >= 11 is 3.60. The predicted molar refractivity (Wildman–Crippen MR) is 85.6 cm³/mol. The molecule has 0 spiro atoms. The van der Waals surface area contributed by atoms with E-state index >= 15 is 0 Å². The zero-order valence-electron chi connectivity index (χ0n) is 12.8. The molecular weight excluding hydrogens is 318 g/mol. The lowest BCUT2D eigenvalue weighted by Crippen LogP contribution is -2.48. The molecule has 4 heteroatoms. The van der Waals surface area contributed by atoms with Gasteiger partial charge in [-0.2, -0.15) is 0 Å². The van der Waals surface area contributed by atoms with Gasteiger partial charge < -0.3 is 14.8 Å². The number of rotatable bonds is 6. The zero-order chi connectivity index (χ0) is 14.8. The minimum atomic E-state index is -0.211. The van der Waals surface area contributed by atoms with Gasteiger partial charge in [-0.1, -0.05) is 15.9 Å². The van der Waals surface area contributed by atoms with Crippen LogP contribution in [0.4, 0.5) is 0 Å². The lowest BCUT2D eigenvalue weighted by Gasteiger charge is -2.34. The van der Waals surface area contributed by atoms with E-state index in [1.54, 1.807) is 0 Å². The molecule has 0 aromatic heterocycles. The Hall–Kier alpha value is -0.580. The first-order valence-electron chi connectivity index (χ1n) is 7.23. The summed E-state index contributed by atoms with van der Waals surface area (Å²) in [6.45, 7) is 7.82. The highest BCUT2D eigenvalue weighted by atomic mass is 79.9. The summed E-state index contributed by atoms with van der Waals surface area (Å²) in [6.07, 6.45) is 1.89. The number of hydrogen-bond acceptors (Lipinski definition) is 3. The van der Waals surface area contributed by atoms with Gasteiger partial charge in [0.05, 0.1) is 12.2 Å². The summed E-state index contributed by atoms with van der Waals surface area (Å²) in [4.78, 5) is 0. The van der Waals surface area contributed by atoms with Crippen LogP contribution in [0.15, 0.2) is 16.6 Å². The van der Waals surface area contributed by atoms with Crippen LogP contribution >= 0.6 is 15.9 Å². The van der Waals surface area contributed by atoms with Gasteiger partial charge in [-0.3, -0.25) is 0 Å². The molecule has 1 aromatic rings. The molecule has 0 saturated carbocycles. The molecular formula is C16H24BrNO2. The van der Waals surface area contributed by atoms with Crippen LogP contribution in [0.2, 0.25) is 0 Å². The van der Waals surface area contributed by atoms with Crippen molar-refractivity contribution in [2.45, 2.75) is 45.3 Å². The molecule has 20 heavy (non-hydrogen) atoms. The first-order valence-corrected chi connectivity index (χ1v) is 8.02. The average molecular weight is 342 g/mol. The van der Waals surface area contributed by atoms with Crippen molar-refractivity contribution in [3.8, 4) is 5.75 Å². The molecule has 0 bridgehead atoms. The standard InChI is InChI=1S/C16H24BrNO2/c1-5-20-16(2,3)14(18-4)10-12-9-13(17)8-11-6-7-19-15(11)12/h8-9,14,18H,5-7,10H2,1-4H3. The first-order chi connectivity index (χ1) is 9.47. The molecule has 0 amide bonds. The van der Waals surface area contributed by atoms with Gasteiger partial charge in [0.25, 0.3) is 0 Å². The first kappa shape index (κ1) is 15.8. The monoisotopic (exact) mass is 341 g/mol. The molecule has 1 aromatic carbocycles. The van der Waals surface area contributed by atoms with Crippen LogP contribution in [0.25, 0.3) is 0 Å². The van der Waals surface area contributed by atoms with Crippen LogP contribution in [0.3, 0.4) is 0 Å². The molecule has 1 N–H and O–H groups in total. The summed E-state index contributed by atoms with van der Waals surface area (Å²) in [6, 6.07) is 4.56. The van der Waals surface area contributed by atoms with E-state index in [-0.39, 0.29) is 11.6 Å². The van der Waals surface area contributed by atoms with Crippen molar-refractivity contribution in [1.82, 2.24) is 5.32 Å². The largest absolute Gasteiger partial charge is 0.493 e. The Kier molecular flexibility index (Phi) is 5.10. The van der Waals surface area contributed by atoms with Gasteiger partial charge in [0.15, 0.2) is 0 Å². The van der Waals surface area contributed by atoms with Gasteiger partial charge in [-0.05, 0) is 57.5 Å². The van der Waals surface area contributed by atoms with E-state index in [9.17, 15) is 0 Å². The number of likely N-dealkylation sites (N-methyl/N-ethyl adjacent to an activating group) is 1. The Balaban J connectivity index is 2.24. The number of benzene rings is 1. The van der Waals surface area contributed by atoms with E-state index in [1.807, 2.05) is 14.0 Å². The van der Waals surface area contributed by atoms with E-state index in [1.165, 1.54) is 11.1 Å². The number of fused-ring (bicyclic) bond motifs is 1. The molecule has 1 aliphatic heterocycles. The second-order valence-corrected chi connectivity index (χ2v) is 6.65. The highest BCUT2D eigenvalue weighted by Gasteiger charge is 2.30. The second-order valence-electron chi connectivity index (χ2n) is 5.73. The Labute approximate surface area is 130 Å². The van der Waals surface area contributed by atoms with Gasteiger partial charge in [-0.15, -0.1) is 0 Å². The molecule has 3 nitrogen and oxygen atoms in total. The maximum absolute atomic E-state index is 5.89. The van der Waals surface area contributed by atoms with Gasteiger partial charge in [0.1, 0.15) is 5.75 Å². The van der Waals surface area contributed by atoms with Crippen molar-refractivity contribution in [2.75, 3.05) is 20.3 Å². The van der Waals surface area contributed by atoms with E-state index in [2.05, 4.69) is 47.2 Å². The van der Waals surface area contributed by atoms with E-state index in [0.717, 1.165) is 36.3 Å². The van der Waals surface area contributed by atoms with Crippen molar-refractivity contribution in [3.63, 3.8) is 0 Å². The predicted octanol–water partition coefficient (Wildman–Crippen LogP) is 3.33. The third-order valence-electron chi connectivity index (χ3n) is 3.95. The molecule has 0 aliphatic carbocycles. The third-order valence-corrected chi connectivity index (χ3v) is 4.41. The van der Waals surface area contributed by atoms with Crippen molar-refractivity contribution in [3.05, 3.63) is 27.7 Å². The highest BCUT2D eigenvalue weighted by molar-refractivity contribution is 9.10. The van der Waals surface area contributed by atoms with Crippen molar-refractivity contribution < 1.29 is 9.47 Å². The Bertz CT molecular complexity index is 474. The van der Waals surface area contributed by atoms with Crippen LogP contribution in [-0.4, -0.2) is 31.9 Å². The van der Waals surface area contributed by atoms with Crippen molar-refractivity contribution in [1.29, 1.82) is 0 Å². The topological polar surface area (TPSA) is 30.5 Å². The lowest BCUT2D eigenvalue weighted by atomic mass is 9.91. The number of halogens is 1. The molecule has 1 heterocycles. The lowest BCUT2D eigenvalue weighted by molar-refractivity contribution is -0.0364. The van der Waals surface area contributed by atoms with E-state index < -0.39 is 0 Å². The van der Waals surface area contributed by atoms with Crippen LogP contribution in [0, 0.1) is 0 Å². The minimum absolute atomic E-state index is 0.211. The summed E-state index contributed by atoms with van der Waals surface area (Å²) in [5.41, 5.74) is 2.34. The van der Waals surface area contributed by atoms with Gasteiger partial charge in [-0.25, -0.2) is 0 Å². The summed E-state index contributed by atoms with van der Waals surface area (Å²) in [5, 5.41) is 3.39. The summed E-state index contributed by atoms with van der Waals surface area (Å²) in [5.74, 6) is 1.07. The fraction of sp³-hybridized carbons (Fsp3) is 0.625. The van der Waals surface area contributed by atoms with E-state index in [0.29, 0.717) is 0 Å². The van der Waals surface area contributed by atoms with Crippen LogP contribution in [0.5, 0.6) is 5.75 Å². The molecule has 0 saturated heterocycles. The average Bonchev–Trinajstić information content (AvgIpc) is 2.83. The Morgan fingerprint density at radius 1 is 1.45 bits per heavy atom. The molecule has 0 radical (unpaired) electrons. The summed E-state index contributed by atoms with van der Waals surface area (Å²) < 4.78 is 12.8. The molecule has 1 unspecified atom stereocenters. The Morgan fingerprint density at radius 2 is 2.20 bits per heavy atom. The summed E-state index contributed by atoms with van der Waals surface area (Å²) in [7, 11) is 1.99. The minimum Gasteiger partial charge on any atom is -0.493 e. The third kappa shape index (κ3) is 3.35. The van der Waals surface area contributed by atoms with Crippen LogP contribution in [-0.2, 0) is 17.6 Å². The number of hydrogen-bond donors (Lipinski definition) is 1. The molecule has 1 atom stereocenters. The smallest absolute Gasteiger partial charge is 0.125 e. The fourth-order valence-electron chi connectivity index (χ4n) is 2.89. The number of nitrogens with one attached hydrogen (secondary N) is 1. The van der Waals surface area contributed by atoms with Crippen molar-refractivity contribution in [2.24, 2.45) is 0 Å². The maximum Gasteiger partial charge on any atom is 0.125 e. The van der Waals surface area contributed by atoms with Crippen molar-refractivity contribution >= 4 is 15.9 Å². The SMILES string of the molecule is CCOC(C)(C)C(Cc1cc(Br)cc2c1OCC2)NC. The van der Waals surface area contributed by atoms with Crippen LogP contribution in [0.1, 0.15) is 31.9 Å². The molecule has 112 valence electrons. The van der Waals surface area contributed by atoms with Crippen LogP contribution < -0.4 is 10.1 Å². The fourth-order valence-corrected chi connectivity index (χ4v) is 3.44. The zero-order valence-corrected chi connectivity index (χ0v) is 14.3. The Morgan fingerprint density at radius 3 is 2.85 bits per heavy atom. The molecule has 1 aliphatic rings. The molecule has 0 fully saturated rings.